The molecule has 4 heteroatoms. The van der Waals surface area contributed by atoms with Crippen LogP contribution in [-0.2, 0) is 4.79 Å². The first-order valence-corrected chi connectivity index (χ1v) is 5.79. The number of nitrogens with zero attached hydrogens (tertiary/aromatic N) is 2. The SMILES string of the molecule is C#CC1CC(=O)N(c2ncc(Br)cc2C)C1. The molecule has 1 fully saturated rings. The van der Waals surface area contributed by atoms with Gasteiger partial charge in [-0.1, -0.05) is 0 Å². The van der Waals surface area contributed by atoms with Crippen molar-refractivity contribution < 1.29 is 4.79 Å². The molecule has 1 atom stereocenters. The summed E-state index contributed by atoms with van der Waals surface area (Å²) < 4.78 is 0.911. The predicted molar refractivity (Wildman–Crippen MR) is 66.0 cm³/mol. The van der Waals surface area contributed by atoms with Gasteiger partial charge in [-0.3, -0.25) is 9.69 Å². The third-order valence-electron chi connectivity index (χ3n) is 2.63. The van der Waals surface area contributed by atoms with Crippen molar-refractivity contribution in [2.24, 2.45) is 5.92 Å². The molecule has 0 bridgehead atoms. The molecule has 0 radical (unpaired) electrons. The smallest absolute Gasteiger partial charge is 0.229 e. The highest BCUT2D eigenvalue weighted by Gasteiger charge is 2.30. The molecule has 0 saturated carbocycles. The van der Waals surface area contributed by atoms with Gasteiger partial charge < -0.3 is 0 Å². The quantitative estimate of drug-likeness (QED) is 0.738. The highest BCUT2D eigenvalue weighted by atomic mass is 79.9. The molecule has 0 spiro atoms. The van der Waals surface area contributed by atoms with E-state index >= 15 is 0 Å². The molecule has 2 heterocycles. The third-order valence-corrected chi connectivity index (χ3v) is 3.07. The van der Waals surface area contributed by atoms with Gasteiger partial charge in [0.05, 0.1) is 0 Å². The summed E-state index contributed by atoms with van der Waals surface area (Å²) in [6, 6.07) is 1.94. The molecular formula is C12H11BrN2O. The maximum atomic E-state index is 11.8. The van der Waals surface area contributed by atoms with E-state index in [-0.39, 0.29) is 11.8 Å². The van der Waals surface area contributed by atoms with Gasteiger partial charge in [-0.05, 0) is 34.5 Å². The highest BCUT2D eigenvalue weighted by molar-refractivity contribution is 9.10. The molecule has 1 amide bonds. The minimum absolute atomic E-state index is 0.0114. The van der Waals surface area contributed by atoms with Crippen molar-refractivity contribution in [3.8, 4) is 12.3 Å². The average Bonchev–Trinajstić information content (AvgIpc) is 2.60. The van der Waals surface area contributed by atoms with E-state index in [1.165, 1.54) is 0 Å². The van der Waals surface area contributed by atoms with Crippen LogP contribution >= 0.6 is 15.9 Å². The zero-order valence-corrected chi connectivity index (χ0v) is 10.5. The molecule has 1 aliphatic heterocycles. The Morgan fingerprint density at radius 1 is 1.69 bits per heavy atom. The van der Waals surface area contributed by atoms with E-state index in [0.29, 0.717) is 18.8 Å². The van der Waals surface area contributed by atoms with Gasteiger partial charge in [0.25, 0.3) is 0 Å². The van der Waals surface area contributed by atoms with E-state index in [0.717, 1.165) is 10.0 Å². The molecule has 0 aliphatic carbocycles. The molecule has 1 unspecified atom stereocenters. The monoisotopic (exact) mass is 278 g/mol. The zero-order valence-electron chi connectivity index (χ0n) is 8.90. The summed E-state index contributed by atoms with van der Waals surface area (Å²) in [5.41, 5.74) is 0.973. The van der Waals surface area contributed by atoms with Crippen LogP contribution in [0.15, 0.2) is 16.7 Å². The fourth-order valence-electron chi connectivity index (χ4n) is 1.84. The van der Waals surface area contributed by atoms with Crippen molar-refractivity contribution >= 4 is 27.7 Å². The Morgan fingerprint density at radius 3 is 3.00 bits per heavy atom. The lowest BCUT2D eigenvalue weighted by Crippen LogP contribution is -2.26. The summed E-state index contributed by atoms with van der Waals surface area (Å²) in [6.07, 6.45) is 7.46. The van der Waals surface area contributed by atoms with Crippen molar-refractivity contribution in [1.29, 1.82) is 0 Å². The first-order valence-electron chi connectivity index (χ1n) is 5.00. The van der Waals surface area contributed by atoms with E-state index in [4.69, 9.17) is 6.42 Å². The molecule has 1 aromatic heterocycles. The normalized spacial score (nSPS) is 19.9. The minimum Gasteiger partial charge on any atom is -0.295 e. The number of pyridine rings is 1. The van der Waals surface area contributed by atoms with Crippen LogP contribution < -0.4 is 4.90 Å². The number of terminal acetylenes is 1. The van der Waals surface area contributed by atoms with Gasteiger partial charge in [-0.25, -0.2) is 4.98 Å². The van der Waals surface area contributed by atoms with Crippen LogP contribution in [0.4, 0.5) is 5.82 Å². The summed E-state index contributed by atoms with van der Waals surface area (Å²) in [5, 5.41) is 0. The second-order valence-corrected chi connectivity index (χ2v) is 4.78. The van der Waals surface area contributed by atoms with Crippen LogP contribution in [0.2, 0.25) is 0 Å². The summed E-state index contributed by atoms with van der Waals surface area (Å²) in [6.45, 7) is 2.51. The molecule has 82 valence electrons. The number of halogens is 1. The predicted octanol–water partition coefficient (Wildman–Crippen LogP) is 2.14. The number of anilines is 1. The van der Waals surface area contributed by atoms with Crippen molar-refractivity contribution in [3.05, 3.63) is 22.3 Å². The number of amides is 1. The van der Waals surface area contributed by atoms with E-state index in [9.17, 15) is 4.79 Å². The number of carbonyl (C=O) groups is 1. The second kappa shape index (κ2) is 4.26. The Kier molecular flexibility index (Phi) is 2.97. The Morgan fingerprint density at radius 2 is 2.44 bits per heavy atom. The van der Waals surface area contributed by atoms with Crippen molar-refractivity contribution in [3.63, 3.8) is 0 Å². The van der Waals surface area contributed by atoms with Crippen LogP contribution in [0.3, 0.4) is 0 Å². The van der Waals surface area contributed by atoms with Crippen LogP contribution in [0, 0.1) is 25.2 Å². The van der Waals surface area contributed by atoms with E-state index in [2.05, 4.69) is 26.8 Å². The number of carbonyl (C=O) groups excluding carboxylic acids is 1. The van der Waals surface area contributed by atoms with Crippen LogP contribution in [0.1, 0.15) is 12.0 Å². The molecule has 1 aromatic rings. The van der Waals surface area contributed by atoms with Gasteiger partial charge in [-0.15, -0.1) is 12.3 Å². The summed E-state index contributed by atoms with van der Waals surface area (Å²) in [4.78, 5) is 17.7. The Hall–Kier alpha value is -1.34. The Balaban J connectivity index is 2.32. The lowest BCUT2D eigenvalue weighted by molar-refractivity contribution is -0.117. The zero-order chi connectivity index (χ0) is 11.7. The topological polar surface area (TPSA) is 33.2 Å². The van der Waals surface area contributed by atoms with Gasteiger partial charge in [0, 0.05) is 29.6 Å². The van der Waals surface area contributed by atoms with Gasteiger partial charge in [-0.2, -0.15) is 0 Å². The summed E-state index contributed by atoms with van der Waals surface area (Å²) in [5.74, 6) is 3.41. The number of aryl methyl sites for hydroxylation is 1. The maximum Gasteiger partial charge on any atom is 0.229 e. The molecule has 0 aromatic carbocycles. The number of rotatable bonds is 1. The molecule has 2 rings (SSSR count). The van der Waals surface area contributed by atoms with Crippen LogP contribution in [0.5, 0.6) is 0 Å². The van der Waals surface area contributed by atoms with Crippen molar-refractivity contribution in [1.82, 2.24) is 4.98 Å². The minimum atomic E-state index is 0.0114. The third kappa shape index (κ3) is 1.96. The average molecular weight is 279 g/mol. The summed E-state index contributed by atoms with van der Waals surface area (Å²) >= 11 is 3.35. The largest absolute Gasteiger partial charge is 0.295 e. The molecular weight excluding hydrogens is 268 g/mol. The van der Waals surface area contributed by atoms with Crippen LogP contribution in [0.25, 0.3) is 0 Å². The van der Waals surface area contributed by atoms with E-state index in [1.807, 2.05) is 13.0 Å². The molecule has 16 heavy (non-hydrogen) atoms. The molecule has 3 nitrogen and oxygen atoms in total. The highest BCUT2D eigenvalue weighted by Crippen LogP contribution is 2.27. The van der Waals surface area contributed by atoms with Gasteiger partial charge in [0.1, 0.15) is 5.82 Å². The lowest BCUT2D eigenvalue weighted by Gasteiger charge is -2.17. The maximum absolute atomic E-state index is 11.8. The van der Waals surface area contributed by atoms with Crippen molar-refractivity contribution in [2.75, 3.05) is 11.4 Å². The van der Waals surface area contributed by atoms with Crippen molar-refractivity contribution in [2.45, 2.75) is 13.3 Å². The summed E-state index contributed by atoms with van der Waals surface area (Å²) in [7, 11) is 0. The number of aromatic nitrogens is 1. The number of hydrogen-bond acceptors (Lipinski definition) is 2. The molecule has 0 N–H and O–H groups in total. The second-order valence-electron chi connectivity index (χ2n) is 3.87. The first-order chi connectivity index (χ1) is 7.61. The number of hydrogen-bond donors (Lipinski definition) is 0. The Labute approximate surface area is 103 Å². The van der Waals surface area contributed by atoms with Crippen LogP contribution in [-0.4, -0.2) is 17.4 Å². The molecule has 1 saturated heterocycles. The van der Waals surface area contributed by atoms with Gasteiger partial charge >= 0.3 is 0 Å². The fourth-order valence-corrected chi connectivity index (χ4v) is 2.29. The Bertz CT molecular complexity index is 478. The first kappa shape index (κ1) is 11.2. The van der Waals surface area contributed by atoms with Gasteiger partial charge in [0.15, 0.2) is 0 Å². The van der Waals surface area contributed by atoms with E-state index in [1.54, 1.807) is 11.1 Å². The lowest BCUT2D eigenvalue weighted by atomic mass is 10.1. The van der Waals surface area contributed by atoms with E-state index < -0.39 is 0 Å². The fraction of sp³-hybridized carbons (Fsp3) is 0.333. The standard InChI is InChI=1S/C12H11BrN2O/c1-3-9-5-11(16)15(7-9)12-8(2)4-10(13)6-14-12/h1,4,6,9H,5,7H2,2H3. The molecule has 1 aliphatic rings. The van der Waals surface area contributed by atoms with Gasteiger partial charge in [0.2, 0.25) is 5.91 Å².